The summed E-state index contributed by atoms with van der Waals surface area (Å²) in [7, 11) is 0. The minimum absolute atomic E-state index is 0.00891. The van der Waals surface area contributed by atoms with Crippen LogP contribution in [0.1, 0.15) is 62.8 Å². The van der Waals surface area contributed by atoms with Crippen molar-refractivity contribution in [2.75, 3.05) is 0 Å². The summed E-state index contributed by atoms with van der Waals surface area (Å²) in [6.07, 6.45) is 3.84. The maximum absolute atomic E-state index is 12.1. The number of fused-ring (bicyclic) bond motifs is 1. The summed E-state index contributed by atoms with van der Waals surface area (Å²) in [5, 5.41) is 23.7. The summed E-state index contributed by atoms with van der Waals surface area (Å²) >= 11 is 6.21. The number of rotatable bonds is 2. The van der Waals surface area contributed by atoms with Crippen molar-refractivity contribution in [3.8, 4) is 22.6 Å². The zero-order valence-corrected chi connectivity index (χ0v) is 20.1. The van der Waals surface area contributed by atoms with Crippen LogP contribution in [0, 0.1) is 6.92 Å². The molecule has 0 unspecified atom stereocenters. The van der Waals surface area contributed by atoms with E-state index in [0.717, 1.165) is 35.7 Å². The normalized spacial score (nSPS) is 20.6. The molecule has 3 N–H and O–H groups in total. The Balaban J connectivity index is 1.88. The van der Waals surface area contributed by atoms with Gasteiger partial charge in [0.25, 0.3) is 5.91 Å². The molecule has 1 saturated heterocycles. The van der Waals surface area contributed by atoms with Gasteiger partial charge in [-0.25, -0.2) is 0 Å². The van der Waals surface area contributed by atoms with Crippen LogP contribution in [0.15, 0.2) is 29.2 Å². The molecule has 1 fully saturated rings. The molecule has 162 valence electrons. The average Bonchev–Trinajstić information content (AvgIpc) is 2.98. The van der Waals surface area contributed by atoms with Crippen molar-refractivity contribution in [2.24, 2.45) is 0 Å². The second-order valence-corrected chi connectivity index (χ2v) is 11.5. The van der Waals surface area contributed by atoms with Crippen LogP contribution in [0.5, 0.6) is 11.5 Å². The number of hydrogen-bond donors (Lipinski definition) is 3. The van der Waals surface area contributed by atoms with Crippen LogP contribution in [0.4, 0.5) is 0 Å². The number of nitrogens with one attached hydrogen (secondary N) is 1. The molecule has 0 saturated carbocycles. The average molecular weight is 454 g/mol. The lowest BCUT2D eigenvalue weighted by Gasteiger charge is -2.42. The van der Waals surface area contributed by atoms with E-state index in [1.54, 1.807) is 12.1 Å². The van der Waals surface area contributed by atoms with Crippen molar-refractivity contribution in [3.63, 3.8) is 0 Å². The molecule has 0 aromatic heterocycles. The lowest BCUT2D eigenvalue weighted by molar-refractivity contribution is -0.115. The topological polar surface area (TPSA) is 69.6 Å². The lowest BCUT2D eigenvalue weighted by atomic mass is 9.62. The van der Waals surface area contributed by atoms with Gasteiger partial charge in [-0.05, 0) is 71.1 Å². The number of benzene rings is 2. The molecule has 1 aliphatic carbocycles. The SMILES string of the molecule is Cc1cc2c(cc1-c1cc(/C=C3/SC(=S)NC3=O)c(O)cc1O)C(C)(C)CCC2(C)C. The Morgan fingerprint density at radius 2 is 1.58 bits per heavy atom. The first-order valence-electron chi connectivity index (χ1n) is 10.4. The highest BCUT2D eigenvalue weighted by molar-refractivity contribution is 8.26. The molecule has 4 rings (SSSR count). The van der Waals surface area contributed by atoms with Crippen molar-refractivity contribution in [1.82, 2.24) is 5.32 Å². The van der Waals surface area contributed by atoms with E-state index in [1.807, 2.05) is 0 Å². The number of phenolic OH excluding ortho intramolecular Hbond substituents is 2. The summed E-state index contributed by atoms with van der Waals surface area (Å²) in [4.78, 5) is 12.5. The number of thiocarbonyl (C=S) groups is 1. The van der Waals surface area contributed by atoms with Gasteiger partial charge < -0.3 is 15.5 Å². The van der Waals surface area contributed by atoms with Crippen LogP contribution in [0.2, 0.25) is 0 Å². The van der Waals surface area contributed by atoms with Crippen LogP contribution in [0.25, 0.3) is 17.2 Å². The predicted octanol–water partition coefficient (Wildman–Crippen LogP) is 5.91. The highest BCUT2D eigenvalue weighted by atomic mass is 32.2. The predicted molar refractivity (Wildman–Crippen MR) is 132 cm³/mol. The number of carbonyl (C=O) groups excluding carboxylic acids is 1. The third-order valence-electron chi connectivity index (χ3n) is 6.56. The number of phenols is 2. The Morgan fingerprint density at radius 3 is 2.16 bits per heavy atom. The van der Waals surface area contributed by atoms with Gasteiger partial charge in [0.15, 0.2) is 0 Å². The molecule has 6 heteroatoms. The third-order valence-corrected chi connectivity index (χ3v) is 7.72. The fourth-order valence-corrected chi connectivity index (χ4v) is 5.54. The molecule has 2 aromatic carbocycles. The maximum Gasteiger partial charge on any atom is 0.263 e. The monoisotopic (exact) mass is 453 g/mol. The van der Waals surface area contributed by atoms with Gasteiger partial charge in [-0.1, -0.05) is 57.7 Å². The van der Waals surface area contributed by atoms with E-state index in [2.05, 4.69) is 52.1 Å². The highest BCUT2D eigenvalue weighted by Gasteiger charge is 2.37. The molecule has 4 nitrogen and oxygen atoms in total. The lowest BCUT2D eigenvalue weighted by Crippen LogP contribution is -2.34. The van der Waals surface area contributed by atoms with Crippen molar-refractivity contribution in [2.45, 2.75) is 58.3 Å². The highest BCUT2D eigenvalue weighted by Crippen LogP contribution is 2.48. The zero-order chi connectivity index (χ0) is 22.7. The van der Waals surface area contributed by atoms with Crippen LogP contribution >= 0.6 is 24.0 Å². The first-order chi connectivity index (χ1) is 14.4. The third kappa shape index (κ3) is 3.87. The second-order valence-electron chi connectivity index (χ2n) is 9.76. The molecule has 1 aliphatic heterocycles. The Labute approximate surface area is 192 Å². The Kier molecular flexibility index (Phi) is 5.22. The first kappa shape index (κ1) is 21.9. The molecule has 31 heavy (non-hydrogen) atoms. The summed E-state index contributed by atoms with van der Waals surface area (Å²) in [5.41, 5.74) is 5.90. The molecule has 2 aromatic rings. The maximum atomic E-state index is 12.1. The Hall–Kier alpha value is -2.31. The summed E-state index contributed by atoms with van der Waals surface area (Å²) in [6.45, 7) is 11.2. The van der Waals surface area contributed by atoms with Gasteiger partial charge in [0.1, 0.15) is 15.8 Å². The second kappa shape index (κ2) is 7.38. The summed E-state index contributed by atoms with van der Waals surface area (Å²) in [5.74, 6) is -0.357. The van der Waals surface area contributed by atoms with Crippen LogP contribution < -0.4 is 5.32 Å². The standard InChI is InChI=1S/C25H27NO3S2/c1-13-8-17-18(25(4,5)7-6-24(17,2)3)11-15(13)16-9-14(19(27)12-20(16)28)10-21-22(29)26-23(30)31-21/h8-12,27-28H,6-7H2,1-5H3,(H,26,29,30)/b21-10+. The first-order valence-corrected chi connectivity index (χ1v) is 11.6. The molecular weight excluding hydrogens is 426 g/mol. The van der Waals surface area contributed by atoms with Gasteiger partial charge in [-0.15, -0.1) is 0 Å². The number of aromatic hydroxyl groups is 2. The van der Waals surface area contributed by atoms with E-state index in [1.165, 1.54) is 17.2 Å². The van der Waals surface area contributed by atoms with Crippen molar-refractivity contribution < 1.29 is 15.0 Å². The summed E-state index contributed by atoms with van der Waals surface area (Å²) in [6, 6.07) is 7.52. The van der Waals surface area contributed by atoms with E-state index < -0.39 is 0 Å². The van der Waals surface area contributed by atoms with E-state index in [9.17, 15) is 15.0 Å². The van der Waals surface area contributed by atoms with Crippen molar-refractivity contribution in [3.05, 3.63) is 51.4 Å². The number of carbonyl (C=O) groups is 1. The largest absolute Gasteiger partial charge is 0.507 e. The molecule has 1 amide bonds. The zero-order valence-electron chi connectivity index (χ0n) is 18.4. The Morgan fingerprint density at radius 1 is 0.968 bits per heavy atom. The van der Waals surface area contributed by atoms with Gasteiger partial charge in [-0.2, -0.15) is 0 Å². The van der Waals surface area contributed by atoms with E-state index >= 15 is 0 Å². The number of aryl methyl sites for hydroxylation is 1. The van der Waals surface area contributed by atoms with Gasteiger partial charge in [0.05, 0.1) is 4.91 Å². The molecule has 1 heterocycles. The fraction of sp³-hybridized carbons (Fsp3) is 0.360. The molecule has 2 aliphatic rings. The van der Waals surface area contributed by atoms with Gasteiger partial charge >= 0.3 is 0 Å². The number of thioether (sulfide) groups is 1. The quantitative estimate of drug-likeness (QED) is 0.389. The van der Waals surface area contributed by atoms with Gasteiger partial charge in [0.2, 0.25) is 0 Å². The fourth-order valence-electron chi connectivity index (χ4n) is 4.50. The molecule has 0 bridgehead atoms. The molecule has 0 spiro atoms. The van der Waals surface area contributed by atoms with Crippen LogP contribution in [-0.4, -0.2) is 20.4 Å². The number of hydrogen-bond acceptors (Lipinski definition) is 5. The molecule has 0 radical (unpaired) electrons. The smallest absolute Gasteiger partial charge is 0.263 e. The number of amides is 1. The minimum atomic E-state index is -0.280. The van der Waals surface area contributed by atoms with Gasteiger partial charge in [-0.3, -0.25) is 4.79 Å². The molecule has 0 atom stereocenters. The Bertz CT molecular complexity index is 1160. The minimum Gasteiger partial charge on any atom is -0.507 e. The van der Waals surface area contributed by atoms with E-state index in [-0.39, 0.29) is 28.2 Å². The van der Waals surface area contributed by atoms with E-state index in [0.29, 0.717) is 20.4 Å². The van der Waals surface area contributed by atoms with Crippen LogP contribution in [0.3, 0.4) is 0 Å². The van der Waals surface area contributed by atoms with E-state index in [4.69, 9.17) is 12.2 Å². The molecular formula is C25H27NO3S2. The van der Waals surface area contributed by atoms with Crippen LogP contribution in [-0.2, 0) is 15.6 Å². The van der Waals surface area contributed by atoms with Crippen molar-refractivity contribution >= 4 is 40.3 Å². The summed E-state index contributed by atoms with van der Waals surface area (Å²) < 4.78 is 0.394. The van der Waals surface area contributed by atoms with Gasteiger partial charge in [0, 0.05) is 17.2 Å². The van der Waals surface area contributed by atoms with Crippen molar-refractivity contribution in [1.29, 1.82) is 0 Å².